The molecule has 0 saturated carbocycles. The Morgan fingerprint density at radius 1 is 1.39 bits per heavy atom. The summed E-state index contributed by atoms with van der Waals surface area (Å²) in [5.74, 6) is 0.154. The van der Waals surface area contributed by atoms with Crippen molar-refractivity contribution in [3.05, 3.63) is 0 Å². The third-order valence-corrected chi connectivity index (χ3v) is 3.56. The number of carbonyl (C=O) groups is 2. The lowest BCUT2D eigenvalue weighted by Gasteiger charge is -2.30. The van der Waals surface area contributed by atoms with E-state index < -0.39 is 0 Å². The molecule has 5 nitrogen and oxygen atoms in total. The van der Waals surface area contributed by atoms with Crippen LogP contribution in [-0.2, 0) is 9.59 Å². The van der Waals surface area contributed by atoms with Gasteiger partial charge in [0.25, 0.3) is 0 Å². The lowest BCUT2D eigenvalue weighted by Crippen LogP contribution is -2.42. The van der Waals surface area contributed by atoms with Crippen LogP contribution >= 0.6 is 0 Å². The van der Waals surface area contributed by atoms with Gasteiger partial charge < -0.3 is 15.3 Å². The summed E-state index contributed by atoms with van der Waals surface area (Å²) in [6.07, 6.45) is 2.47. The standard InChI is InChI=1S/C13H24N2O3/c1-3-12(17)4-7-14-13(18)11-5-8-15(9-6-11)10(2)16/h11-12,17H,3-9H2,1-2H3,(H,14,18). The van der Waals surface area contributed by atoms with E-state index in [9.17, 15) is 14.7 Å². The summed E-state index contributed by atoms with van der Waals surface area (Å²) in [7, 11) is 0. The van der Waals surface area contributed by atoms with Crippen LogP contribution in [0.4, 0.5) is 0 Å². The Balaban J connectivity index is 2.22. The van der Waals surface area contributed by atoms with Crippen molar-refractivity contribution in [3.63, 3.8) is 0 Å². The largest absolute Gasteiger partial charge is 0.393 e. The molecule has 0 aliphatic carbocycles. The average molecular weight is 256 g/mol. The Hall–Kier alpha value is -1.10. The molecule has 1 saturated heterocycles. The van der Waals surface area contributed by atoms with E-state index in [2.05, 4.69) is 5.32 Å². The molecule has 1 fully saturated rings. The fourth-order valence-electron chi connectivity index (χ4n) is 2.17. The number of carbonyl (C=O) groups excluding carboxylic acids is 2. The molecule has 0 spiro atoms. The van der Waals surface area contributed by atoms with Crippen molar-refractivity contribution < 1.29 is 14.7 Å². The third kappa shape index (κ3) is 4.64. The van der Waals surface area contributed by atoms with Gasteiger partial charge in [0.15, 0.2) is 0 Å². The average Bonchev–Trinajstić information content (AvgIpc) is 2.38. The van der Waals surface area contributed by atoms with Crippen molar-refractivity contribution in [1.29, 1.82) is 0 Å². The van der Waals surface area contributed by atoms with Gasteiger partial charge in [0.1, 0.15) is 0 Å². The van der Waals surface area contributed by atoms with Gasteiger partial charge in [-0.05, 0) is 25.7 Å². The topological polar surface area (TPSA) is 69.6 Å². The molecule has 104 valence electrons. The second-order valence-corrected chi connectivity index (χ2v) is 4.92. The predicted octanol–water partition coefficient (Wildman–Crippen LogP) is 0.522. The van der Waals surface area contributed by atoms with Crippen LogP contribution in [0.5, 0.6) is 0 Å². The summed E-state index contributed by atoms with van der Waals surface area (Å²) in [6, 6.07) is 0. The molecule has 2 N–H and O–H groups in total. The quantitative estimate of drug-likeness (QED) is 0.753. The molecule has 1 atom stereocenters. The van der Waals surface area contributed by atoms with Crippen LogP contribution in [-0.4, -0.2) is 47.6 Å². The molecule has 1 rings (SSSR count). The number of nitrogens with one attached hydrogen (secondary N) is 1. The normalized spacial score (nSPS) is 18.5. The van der Waals surface area contributed by atoms with E-state index >= 15 is 0 Å². The first kappa shape index (κ1) is 15.0. The zero-order valence-corrected chi connectivity index (χ0v) is 11.3. The van der Waals surface area contributed by atoms with Crippen molar-refractivity contribution in [1.82, 2.24) is 10.2 Å². The van der Waals surface area contributed by atoms with Gasteiger partial charge in [-0.15, -0.1) is 0 Å². The van der Waals surface area contributed by atoms with Gasteiger partial charge in [0.2, 0.25) is 11.8 Å². The highest BCUT2D eigenvalue weighted by Crippen LogP contribution is 2.17. The number of piperidine rings is 1. The summed E-state index contributed by atoms with van der Waals surface area (Å²) in [6.45, 7) is 5.35. The van der Waals surface area contributed by atoms with Gasteiger partial charge >= 0.3 is 0 Å². The molecule has 1 aliphatic heterocycles. The lowest BCUT2D eigenvalue weighted by atomic mass is 9.96. The molecule has 1 unspecified atom stereocenters. The van der Waals surface area contributed by atoms with Gasteiger partial charge in [0.05, 0.1) is 6.10 Å². The van der Waals surface area contributed by atoms with Crippen LogP contribution < -0.4 is 5.32 Å². The van der Waals surface area contributed by atoms with Crippen molar-refractivity contribution >= 4 is 11.8 Å². The van der Waals surface area contributed by atoms with E-state index in [1.54, 1.807) is 11.8 Å². The van der Waals surface area contributed by atoms with E-state index in [0.717, 1.165) is 12.8 Å². The maximum Gasteiger partial charge on any atom is 0.223 e. The molecule has 0 aromatic carbocycles. The van der Waals surface area contributed by atoms with E-state index in [0.29, 0.717) is 32.5 Å². The molecule has 1 heterocycles. The minimum absolute atomic E-state index is 0.0133. The van der Waals surface area contributed by atoms with E-state index in [-0.39, 0.29) is 23.8 Å². The van der Waals surface area contributed by atoms with Crippen LogP contribution in [0.25, 0.3) is 0 Å². The molecule has 0 bridgehead atoms. The van der Waals surface area contributed by atoms with Crippen molar-refractivity contribution in [2.24, 2.45) is 5.92 Å². The second-order valence-electron chi connectivity index (χ2n) is 4.92. The van der Waals surface area contributed by atoms with Gasteiger partial charge in [-0.25, -0.2) is 0 Å². The fourth-order valence-corrected chi connectivity index (χ4v) is 2.17. The number of aliphatic hydroxyl groups excluding tert-OH is 1. The Morgan fingerprint density at radius 2 is 2.00 bits per heavy atom. The fraction of sp³-hybridized carbons (Fsp3) is 0.846. The van der Waals surface area contributed by atoms with Gasteiger partial charge in [0, 0.05) is 32.5 Å². The highest BCUT2D eigenvalue weighted by molar-refractivity contribution is 5.79. The first-order chi connectivity index (χ1) is 8.54. The Bertz CT molecular complexity index is 286. The number of amides is 2. The number of hydrogen-bond donors (Lipinski definition) is 2. The van der Waals surface area contributed by atoms with Gasteiger partial charge in [-0.3, -0.25) is 9.59 Å². The smallest absolute Gasteiger partial charge is 0.223 e. The minimum atomic E-state index is -0.329. The summed E-state index contributed by atoms with van der Waals surface area (Å²) >= 11 is 0. The van der Waals surface area contributed by atoms with Crippen LogP contribution in [0, 0.1) is 5.92 Å². The van der Waals surface area contributed by atoms with Crippen LogP contribution in [0.2, 0.25) is 0 Å². The SMILES string of the molecule is CCC(O)CCNC(=O)C1CCN(C(C)=O)CC1. The number of likely N-dealkylation sites (tertiary alicyclic amines) is 1. The summed E-state index contributed by atoms with van der Waals surface area (Å²) in [5.41, 5.74) is 0. The van der Waals surface area contributed by atoms with E-state index in [1.165, 1.54) is 0 Å². The maximum atomic E-state index is 11.8. The first-order valence-corrected chi connectivity index (χ1v) is 6.75. The minimum Gasteiger partial charge on any atom is -0.393 e. The molecule has 5 heteroatoms. The van der Waals surface area contributed by atoms with Gasteiger partial charge in [-0.1, -0.05) is 6.92 Å². The Morgan fingerprint density at radius 3 is 2.50 bits per heavy atom. The number of nitrogens with zero attached hydrogens (tertiary/aromatic N) is 1. The van der Waals surface area contributed by atoms with E-state index in [1.807, 2.05) is 6.92 Å². The zero-order valence-electron chi connectivity index (χ0n) is 11.3. The lowest BCUT2D eigenvalue weighted by molar-refractivity contribution is -0.133. The molecule has 1 aliphatic rings. The molecule has 18 heavy (non-hydrogen) atoms. The zero-order chi connectivity index (χ0) is 13.5. The van der Waals surface area contributed by atoms with Gasteiger partial charge in [-0.2, -0.15) is 0 Å². The third-order valence-electron chi connectivity index (χ3n) is 3.56. The molecular weight excluding hydrogens is 232 g/mol. The van der Waals surface area contributed by atoms with Crippen LogP contribution in [0.1, 0.15) is 39.5 Å². The van der Waals surface area contributed by atoms with Crippen molar-refractivity contribution in [2.75, 3.05) is 19.6 Å². The van der Waals surface area contributed by atoms with E-state index in [4.69, 9.17) is 0 Å². The maximum absolute atomic E-state index is 11.8. The van der Waals surface area contributed by atoms with Crippen molar-refractivity contribution in [2.45, 2.75) is 45.6 Å². The van der Waals surface area contributed by atoms with Crippen LogP contribution in [0.3, 0.4) is 0 Å². The number of rotatable bonds is 5. The number of aliphatic hydroxyl groups is 1. The number of hydrogen-bond acceptors (Lipinski definition) is 3. The summed E-state index contributed by atoms with van der Waals surface area (Å²) in [5, 5.41) is 12.2. The monoisotopic (exact) mass is 256 g/mol. The summed E-state index contributed by atoms with van der Waals surface area (Å²) in [4.78, 5) is 24.8. The molecule has 0 aromatic rings. The van der Waals surface area contributed by atoms with Crippen molar-refractivity contribution in [3.8, 4) is 0 Å². The molecule has 2 amide bonds. The second kappa shape index (κ2) is 7.36. The predicted molar refractivity (Wildman–Crippen MR) is 68.9 cm³/mol. The Labute approximate surface area is 109 Å². The summed E-state index contributed by atoms with van der Waals surface area (Å²) < 4.78 is 0. The Kier molecular flexibility index (Phi) is 6.12. The molecular formula is C13H24N2O3. The highest BCUT2D eigenvalue weighted by atomic mass is 16.3. The van der Waals surface area contributed by atoms with Crippen LogP contribution in [0.15, 0.2) is 0 Å². The molecule has 0 radical (unpaired) electrons. The first-order valence-electron chi connectivity index (χ1n) is 6.75. The highest BCUT2D eigenvalue weighted by Gasteiger charge is 2.25. The molecule has 0 aromatic heterocycles.